The maximum atomic E-state index is 12.6. The van der Waals surface area contributed by atoms with Crippen LogP contribution in [-0.4, -0.2) is 53.2 Å². The third-order valence-corrected chi connectivity index (χ3v) is 6.05. The Kier molecular flexibility index (Phi) is 8.33. The topological polar surface area (TPSA) is 123 Å². The molecule has 10 nitrogen and oxygen atoms in total. The number of hydrogen-bond donors (Lipinski definition) is 2. The minimum Gasteiger partial charge on any atom is -0.508 e. The second-order valence-corrected chi connectivity index (χ2v) is 8.47. The Morgan fingerprint density at radius 1 is 1.03 bits per heavy atom. The lowest BCUT2D eigenvalue weighted by atomic mass is 9.98. The molecule has 0 fully saturated rings. The molecule has 2 N–H and O–H groups in total. The molecule has 2 aromatic carbocycles. The standard InChI is InChI=1S/C25H27N5O5.ClH/c1-27-23-22(24(34)28(2)25(27)35)30(16-26-23)9-5-8-29(10-11-31)15-17-6-3-4-7-21(17)18-12-19(32)14-20(33)13-18;/h3-4,6-7,11-14,16,32-33H,5,8-10,15H2,1-2H3;1H. The van der Waals surface area contributed by atoms with Crippen molar-refractivity contribution in [3.05, 3.63) is 75.2 Å². The largest absolute Gasteiger partial charge is 0.508 e. The van der Waals surface area contributed by atoms with Crippen molar-refractivity contribution in [2.75, 3.05) is 13.1 Å². The first kappa shape index (κ1) is 26.7. The van der Waals surface area contributed by atoms with Gasteiger partial charge in [-0.25, -0.2) is 9.78 Å². The number of fused-ring (bicyclic) bond motifs is 1. The van der Waals surface area contributed by atoms with Crippen molar-refractivity contribution in [3.8, 4) is 22.6 Å². The lowest BCUT2D eigenvalue weighted by Crippen LogP contribution is -2.37. The zero-order valence-electron chi connectivity index (χ0n) is 20.0. The molecule has 0 bridgehead atoms. The Bertz CT molecular complexity index is 1490. The van der Waals surface area contributed by atoms with Gasteiger partial charge in [-0.2, -0.15) is 0 Å². The van der Waals surface area contributed by atoms with Gasteiger partial charge in [-0.1, -0.05) is 24.3 Å². The fourth-order valence-electron chi connectivity index (χ4n) is 4.30. The van der Waals surface area contributed by atoms with Gasteiger partial charge in [0.2, 0.25) is 0 Å². The monoisotopic (exact) mass is 513 g/mol. The third kappa shape index (κ3) is 5.34. The Hall–Kier alpha value is -3.89. The molecule has 4 rings (SSSR count). The van der Waals surface area contributed by atoms with E-state index in [0.717, 1.165) is 22.0 Å². The van der Waals surface area contributed by atoms with Gasteiger partial charge in [0.1, 0.15) is 17.8 Å². The second kappa shape index (κ2) is 11.2. The molecular weight excluding hydrogens is 486 g/mol. The molecule has 190 valence electrons. The molecule has 0 aliphatic heterocycles. The van der Waals surface area contributed by atoms with Gasteiger partial charge in [0.15, 0.2) is 11.2 Å². The van der Waals surface area contributed by atoms with Crippen LogP contribution in [0.15, 0.2) is 58.4 Å². The summed E-state index contributed by atoms with van der Waals surface area (Å²) in [5.41, 5.74) is 2.35. The molecule has 0 unspecified atom stereocenters. The van der Waals surface area contributed by atoms with E-state index in [1.165, 1.54) is 17.7 Å². The number of aldehydes is 1. The number of halogens is 1. The highest BCUT2D eigenvalue weighted by atomic mass is 35.5. The number of aryl methyl sites for hydroxylation is 2. The Morgan fingerprint density at radius 3 is 2.42 bits per heavy atom. The number of phenolic OH excluding ortho intramolecular Hbond substituents is 2. The van der Waals surface area contributed by atoms with Crippen LogP contribution in [0.4, 0.5) is 0 Å². The van der Waals surface area contributed by atoms with E-state index in [4.69, 9.17) is 0 Å². The molecule has 0 saturated carbocycles. The van der Waals surface area contributed by atoms with E-state index in [2.05, 4.69) is 4.98 Å². The number of aromatic hydroxyl groups is 2. The van der Waals surface area contributed by atoms with Crippen LogP contribution >= 0.6 is 12.4 Å². The first-order valence-electron chi connectivity index (χ1n) is 11.2. The van der Waals surface area contributed by atoms with E-state index in [0.29, 0.717) is 42.8 Å². The third-order valence-electron chi connectivity index (χ3n) is 6.05. The molecule has 0 aliphatic rings. The van der Waals surface area contributed by atoms with Gasteiger partial charge < -0.3 is 19.6 Å². The summed E-state index contributed by atoms with van der Waals surface area (Å²) in [5.74, 6) is -0.0634. The SMILES string of the molecule is Cl.Cn1c(=O)c2c(ncn2CCCN(CC=O)Cc2ccccc2-c2cc(O)cc(O)c2)n(C)c1=O. The van der Waals surface area contributed by atoms with Crippen LogP contribution in [0, 0.1) is 0 Å². The van der Waals surface area contributed by atoms with Crippen molar-refractivity contribution in [3.63, 3.8) is 0 Å². The maximum Gasteiger partial charge on any atom is 0.332 e. The van der Waals surface area contributed by atoms with Crippen molar-refractivity contribution in [2.24, 2.45) is 14.1 Å². The molecule has 0 spiro atoms. The number of phenols is 2. The molecule has 0 atom stereocenters. The Balaban J connectivity index is 0.00000361. The quantitative estimate of drug-likeness (QED) is 0.328. The van der Waals surface area contributed by atoms with E-state index in [9.17, 15) is 24.6 Å². The van der Waals surface area contributed by atoms with Crippen LogP contribution in [0.1, 0.15) is 12.0 Å². The minimum atomic E-state index is -0.427. The zero-order valence-corrected chi connectivity index (χ0v) is 20.8. The van der Waals surface area contributed by atoms with E-state index >= 15 is 0 Å². The number of rotatable bonds is 9. The maximum absolute atomic E-state index is 12.6. The molecule has 36 heavy (non-hydrogen) atoms. The highest BCUT2D eigenvalue weighted by Gasteiger charge is 2.15. The van der Waals surface area contributed by atoms with Gasteiger partial charge in [0.05, 0.1) is 12.9 Å². The molecule has 0 radical (unpaired) electrons. The van der Waals surface area contributed by atoms with Crippen LogP contribution in [0.5, 0.6) is 11.5 Å². The normalized spacial score (nSPS) is 11.1. The molecule has 11 heteroatoms. The fraction of sp³-hybridized carbons (Fsp3) is 0.280. The Morgan fingerprint density at radius 2 is 1.72 bits per heavy atom. The second-order valence-electron chi connectivity index (χ2n) is 8.47. The van der Waals surface area contributed by atoms with E-state index in [1.54, 1.807) is 30.1 Å². The summed E-state index contributed by atoms with van der Waals surface area (Å²) in [5, 5.41) is 19.8. The van der Waals surface area contributed by atoms with Crippen molar-refractivity contribution >= 4 is 29.9 Å². The predicted molar refractivity (Wildman–Crippen MR) is 139 cm³/mol. The zero-order chi connectivity index (χ0) is 25.1. The molecular formula is C25H28ClN5O5. The summed E-state index contributed by atoms with van der Waals surface area (Å²) in [6.45, 7) is 1.76. The highest BCUT2D eigenvalue weighted by Crippen LogP contribution is 2.31. The number of aromatic nitrogens is 4. The number of carbonyl (C=O) groups excluding carboxylic acids is 1. The number of benzene rings is 2. The van der Waals surface area contributed by atoms with E-state index < -0.39 is 11.2 Å². The average Bonchev–Trinajstić information content (AvgIpc) is 3.25. The van der Waals surface area contributed by atoms with Crippen LogP contribution < -0.4 is 11.2 Å². The van der Waals surface area contributed by atoms with Gasteiger partial charge in [-0.3, -0.25) is 18.8 Å². The van der Waals surface area contributed by atoms with E-state index in [-0.39, 0.29) is 30.5 Å². The van der Waals surface area contributed by atoms with Gasteiger partial charge in [-0.05, 0) is 35.2 Å². The van der Waals surface area contributed by atoms with Crippen molar-refractivity contribution in [2.45, 2.75) is 19.5 Å². The van der Waals surface area contributed by atoms with Gasteiger partial charge in [0, 0.05) is 39.8 Å². The summed E-state index contributed by atoms with van der Waals surface area (Å²) in [7, 11) is 3.02. The molecule has 0 saturated heterocycles. The van der Waals surface area contributed by atoms with Crippen molar-refractivity contribution in [1.82, 2.24) is 23.6 Å². The van der Waals surface area contributed by atoms with Crippen molar-refractivity contribution < 1.29 is 15.0 Å². The molecule has 0 aliphatic carbocycles. The van der Waals surface area contributed by atoms with Gasteiger partial charge in [0.25, 0.3) is 5.56 Å². The van der Waals surface area contributed by atoms with Gasteiger partial charge >= 0.3 is 5.69 Å². The summed E-state index contributed by atoms with van der Waals surface area (Å²) >= 11 is 0. The molecule has 2 aromatic heterocycles. The Labute approximate surface area is 213 Å². The summed E-state index contributed by atoms with van der Waals surface area (Å²) in [4.78, 5) is 42.4. The molecule has 4 aromatic rings. The first-order valence-corrected chi connectivity index (χ1v) is 11.2. The predicted octanol–water partition coefficient (Wildman–Crippen LogP) is 2.02. The van der Waals surface area contributed by atoms with Crippen LogP contribution in [0.3, 0.4) is 0 Å². The summed E-state index contributed by atoms with van der Waals surface area (Å²) < 4.78 is 4.15. The molecule has 0 amide bonds. The first-order chi connectivity index (χ1) is 16.8. The fourth-order valence-corrected chi connectivity index (χ4v) is 4.30. The van der Waals surface area contributed by atoms with Crippen molar-refractivity contribution in [1.29, 1.82) is 0 Å². The number of carbonyl (C=O) groups is 1. The smallest absolute Gasteiger partial charge is 0.332 e. The van der Waals surface area contributed by atoms with Crippen LogP contribution in [0.25, 0.3) is 22.3 Å². The lowest BCUT2D eigenvalue weighted by Gasteiger charge is -2.22. The summed E-state index contributed by atoms with van der Waals surface area (Å²) in [6, 6.07) is 12.1. The summed E-state index contributed by atoms with van der Waals surface area (Å²) in [6.07, 6.45) is 3.04. The number of hydrogen-bond acceptors (Lipinski definition) is 7. The van der Waals surface area contributed by atoms with Crippen LogP contribution in [0.2, 0.25) is 0 Å². The molecule has 2 heterocycles. The highest BCUT2D eigenvalue weighted by molar-refractivity contribution is 5.85. The van der Waals surface area contributed by atoms with E-state index in [1.807, 2.05) is 29.2 Å². The number of imidazole rings is 1. The number of nitrogens with zero attached hydrogens (tertiary/aromatic N) is 5. The minimum absolute atomic E-state index is 0. The average molecular weight is 514 g/mol. The lowest BCUT2D eigenvalue weighted by molar-refractivity contribution is -0.109. The van der Waals surface area contributed by atoms with Crippen LogP contribution in [-0.2, 0) is 32.0 Å². The van der Waals surface area contributed by atoms with Gasteiger partial charge in [-0.15, -0.1) is 12.4 Å².